The largest absolute Gasteiger partial charge is 0.306 e. The molecule has 0 aromatic carbocycles. The van der Waals surface area contributed by atoms with E-state index < -0.39 is 0 Å². The molecule has 0 bridgehead atoms. The highest BCUT2D eigenvalue weighted by Gasteiger charge is 2.41. The van der Waals surface area contributed by atoms with Crippen LogP contribution in [0.5, 0.6) is 0 Å². The van der Waals surface area contributed by atoms with E-state index in [-0.39, 0.29) is 0 Å². The van der Waals surface area contributed by atoms with Gasteiger partial charge in [0.05, 0.1) is 0 Å². The third kappa shape index (κ3) is 3.48. The van der Waals surface area contributed by atoms with Gasteiger partial charge in [-0.3, -0.25) is 0 Å². The van der Waals surface area contributed by atoms with Gasteiger partial charge in [-0.2, -0.15) is 0 Å². The lowest BCUT2D eigenvalue weighted by molar-refractivity contribution is 0.213. The molecule has 0 heterocycles. The van der Waals surface area contributed by atoms with Crippen LogP contribution in [-0.2, 0) is 0 Å². The maximum Gasteiger partial charge on any atom is 0.00118 e. The predicted molar refractivity (Wildman–Crippen MR) is 74.7 cm³/mol. The number of hydrogen-bond donors (Lipinski definition) is 0. The molecular weight excluding hydrogens is 194 g/mol. The maximum absolute atomic E-state index is 2.46. The van der Waals surface area contributed by atoms with Crippen molar-refractivity contribution in [3.8, 4) is 0 Å². The zero-order valence-electron chi connectivity index (χ0n) is 12.7. The van der Waals surface area contributed by atoms with Gasteiger partial charge in [0.25, 0.3) is 0 Å². The Kier molecular flexibility index (Phi) is 7.30. The first-order valence-corrected chi connectivity index (χ1v) is 7.17. The lowest BCUT2D eigenvalue weighted by Gasteiger charge is -2.26. The zero-order chi connectivity index (χ0) is 12.9. The summed E-state index contributed by atoms with van der Waals surface area (Å²) >= 11 is 0. The van der Waals surface area contributed by atoms with Gasteiger partial charge in [-0.25, -0.2) is 0 Å². The molecule has 0 aromatic rings. The van der Waals surface area contributed by atoms with Crippen molar-refractivity contribution in [3.05, 3.63) is 0 Å². The molecule has 0 spiro atoms. The van der Waals surface area contributed by atoms with E-state index in [4.69, 9.17) is 0 Å². The SMILES string of the molecule is CC.CCN(C)CC1C(C)C(C)C(C)C1C. The molecule has 98 valence electrons. The standard InChI is InChI=1S/C13H27N.C2H6/c1-7-14(6)8-13-11(4)9(2)10(3)12(13)5;1-2/h9-13H,7-8H2,1-6H3;1-2H3. The molecule has 0 radical (unpaired) electrons. The van der Waals surface area contributed by atoms with Crippen molar-refractivity contribution in [2.75, 3.05) is 20.1 Å². The van der Waals surface area contributed by atoms with E-state index in [9.17, 15) is 0 Å². The summed E-state index contributed by atoms with van der Waals surface area (Å²) in [5.41, 5.74) is 0. The Morgan fingerprint density at radius 2 is 1.19 bits per heavy atom. The molecule has 4 atom stereocenters. The van der Waals surface area contributed by atoms with E-state index in [0.717, 1.165) is 29.6 Å². The quantitative estimate of drug-likeness (QED) is 0.700. The average molecular weight is 227 g/mol. The normalized spacial score (nSPS) is 38.4. The van der Waals surface area contributed by atoms with E-state index in [2.05, 4.69) is 46.6 Å². The van der Waals surface area contributed by atoms with E-state index in [1.807, 2.05) is 13.8 Å². The van der Waals surface area contributed by atoms with E-state index in [0.29, 0.717) is 0 Å². The third-order valence-corrected chi connectivity index (χ3v) is 4.90. The number of hydrogen-bond acceptors (Lipinski definition) is 1. The number of nitrogens with zero attached hydrogens (tertiary/aromatic N) is 1. The van der Waals surface area contributed by atoms with Crippen LogP contribution in [0, 0.1) is 29.6 Å². The monoisotopic (exact) mass is 227 g/mol. The molecule has 4 unspecified atom stereocenters. The number of rotatable bonds is 3. The minimum atomic E-state index is 0.897. The van der Waals surface area contributed by atoms with Gasteiger partial charge in [0.15, 0.2) is 0 Å². The van der Waals surface area contributed by atoms with E-state index in [1.54, 1.807) is 0 Å². The summed E-state index contributed by atoms with van der Waals surface area (Å²) in [6.07, 6.45) is 0. The van der Waals surface area contributed by atoms with Crippen LogP contribution in [0.15, 0.2) is 0 Å². The highest BCUT2D eigenvalue weighted by molar-refractivity contribution is 4.90. The van der Waals surface area contributed by atoms with Crippen LogP contribution in [0.4, 0.5) is 0 Å². The second kappa shape index (κ2) is 7.32. The Morgan fingerprint density at radius 3 is 1.50 bits per heavy atom. The molecule has 0 aliphatic heterocycles. The fourth-order valence-corrected chi connectivity index (χ4v) is 3.04. The van der Waals surface area contributed by atoms with Crippen LogP contribution in [0.1, 0.15) is 48.5 Å². The van der Waals surface area contributed by atoms with E-state index >= 15 is 0 Å². The van der Waals surface area contributed by atoms with Crippen molar-refractivity contribution < 1.29 is 0 Å². The molecule has 1 saturated carbocycles. The van der Waals surface area contributed by atoms with Crippen LogP contribution >= 0.6 is 0 Å². The summed E-state index contributed by atoms with van der Waals surface area (Å²) in [6, 6.07) is 0. The first kappa shape index (κ1) is 16.0. The highest BCUT2D eigenvalue weighted by atomic mass is 15.1. The topological polar surface area (TPSA) is 3.24 Å². The van der Waals surface area contributed by atoms with Gasteiger partial charge in [-0.15, -0.1) is 0 Å². The maximum atomic E-state index is 2.46. The Bertz CT molecular complexity index is 164. The van der Waals surface area contributed by atoms with Crippen molar-refractivity contribution in [1.29, 1.82) is 0 Å². The van der Waals surface area contributed by atoms with E-state index in [1.165, 1.54) is 13.1 Å². The summed E-state index contributed by atoms with van der Waals surface area (Å²) in [7, 11) is 2.24. The molecule has 1 aliphatic rings. The molecule has 16 heavy (non-hydrogen) atoms. The molecule has 1 heteroatoms. The van der Waals surface area contributed by atoms with Gasteiger partial charge in [-0.05, 0) is 43.2 Å². The molecule has 1 fully saturated rings. The van der Waals surface area contributed by atoms with Crippen molar-refractivity contribution in [3.63, 3.8) is 0 Å². The second-order valence-electron chi connectivity index (χ2n) is 5.46. The molecule has 1 aliphatic carbocycles. The summed E-state index contributed by atoms with van der Waals surface area (Å²) in [5.74, 6) is 4.51. The Morgan fingerprint density at radius 1 is 0.812 bits per heavy atom. The van der Waals surface area contributed by atoms with Gasteiger partial charge < -0.3 is 4.90 Å². The first-order valence-electron chi connectivity index (χ1n) is 7.17. The minimum absolute atomic E-state index is 0.897. The summed E-state index contributed by atoms with van der Waals surface area (Å²) in [5, 5.41) is 0. The molecule has 0 N–H and O–H groups in total. The van der Waals surface area contributed by atoms with Crippen LogP contribution in [0.3, 0.4) is 0 Å². The van der Waals surface area contributed by atoms with Gasteiger partial charge in [0.2, 0.25) is 0 Å². The fraction of sp³-hybridized carbons (Fsp3) is 1.00. The zero-order valence-corrected chi connectivity index (χ0v) is 12.7. The molecular formula is C15H33N. The van der Waals surface area contributed by atoms with Crippen LogP contribution in [-0.4, -0.2) is 25.0 Å². The summed E-state index contributed by atoms with van der Waals surface area (Å²) in [6.45, 7) is 18.5. The Balaban J connectivity index is 0.00000106. The molecule has 1 rings (SSSR count). The van der Waals surface area contributed by atoms with Crippen molar-refractivity contribution in [2.24, 2.45) is 29.6 Å². The minimum Gasteiger partial charge on any atom is -0.306 e. The molecule has 0 aromatic heterocycles. The Labute approximate surface area is 104 Å². The lowest BCUT2D eigenvalue weighted by Crippen LogP contribution is -2.30. The van der Waals surface area contributed by atoms with Crippen molar-refractivity contribution in [1.82, 2.24) is 4.90 Å². The molecule has 0 amide bonds. The average Bonchev–Trinajstić information content (AvgIpc) is 2.49. The second-order valence-corrected chi connectivity index (χ2v) is 5.46. The Hall–Kier alpha value is -0.0400. The highest BCUT2D eigenvalue weighted by Crippen LogP contribution is 2.45. The first-order chi connectivity index (χ1) is 7.49. The van der Waals surface area contributed by atoms with Gasteiger partial charge in [-0.1, -0.05) is 48.5 Å². The summed E-state index contributed by atoms with van der Waals surface area (Å²) in [4.78, 5) is 2.46. The van der Waals surface area contributed by atoms with Crippen LogP contribution in [0.2, 0.25) is 0 Å². The van der Waals surface area contributed by atoms with Gasteiger partial charge >= 0.3 is 0 Å². The van der Waals surface area contributed by atoms with Crippen LogP contribution in [0.25, 0.3) is 0 Å². The molecule has 0 saturated heterocycles. The smallest absolute Gasteiger partial charge is 0.00118 e. The summed E-state index contributed by atoms with van der Waals surface area (Å²) < 4.78 is 0. The van der Waals surface area contributed by atoms with Crippen molar-refractivity contribution >= 4 is 0 Å². The van der Waals surface area contributed by atoms with Crippen LogP contribution < -0.4 is 0 Å². The molecule has 1 nitrogen and oxygen atoms in total. The van der Waals surface area contributed by atoms with Gasteiger partial charge in [0, 0.05) is 6.54 Å². The lowest BCUT2D eigenvalue weighted by atomic mass is 9.89. The van der Waals surface area contributed by atoms with Crippen molar-refractivity contribution in [2.45, 2.75) is 48.5 Å². The van der Waals surface area contributed by atoms with Gasteiger partial charge in [0.1, 0.15) is 0 Å². The fourth-order valence-electron chi connectivity index (χ4n) is 3.04. The third-order valence-electron chi connectivity index (χ3n) is 4.90. The predicted octanol–water partition coefficient (Wildman–Crippen LogP) is 4.14.